The van der Waals surface area contributed by atoms with Crippen LogP contribution in [-0.2, 0) is 9.59 Å². The molecule has 0 bridgehead atoms. The van der Waals surface area contributed by atoms with Gasteiger partial charge in [-0.2, -0.15) is 5.10 Å². The van der Waals surface area contributed by atoms with Gasteiger partial charge in [0, 0.05) is 20.7 Å². The molecule has 4 aromatic rings. The number of carbonyl (C=O) groups excluding carboxylic acids is 3. The van der Waals surface area contributed by atoms with Crippen LogP contribution >= 0.6 is 39.1 Å². The van der Waals surface area contributed by atoms with Gasteiger partial charge in [0.1, 0.15) is 5.75 Å². The van der Waals surface area contributed by atoms with Crippen molar-refractivity contribution in [2.45, 2.75) is 0 Å². The molecule has 180 valence electrons. The predicted octanol–water partition coefficient (Wildman–Crippen LogP) is 6.22. The number of amides is 2. The molecule has 0 heterocycles. The fraction of sp³-hybridized carbons (Fsp3) is 0. The molecule has 0 radical (unpaired) electrons. The predicted molar refractivity (Wildman–Crippen MR) is 144 cm³/mol. The Balaban J connectivity index is 1.55. The van der Waals surface area contributed by atoms with E-state index in [1.165, 1.54) is 24.4 Å². The van der Waals surface area contributed by atoms with Crippen molar-refractivity contribution in [3.05, 3.63) is 105 Å². The summed E-state index contributed by atoms with van der Waals surface area (Å²) in [5.41, 5.74) is 3.19. The lowest BCUT2D eigenvalue weighted by molar-refractivity contribution is -0.136. The van der Waals surface area contributed by atoms with Crippen molar-refractivity contribution in [2.75, 3.05) is 5.32 Å². The number of benzene rings is 4. The number of hydrazone groups is 1. The van der Waals surface area contributed by atoms with Gasteiger partial charge in [0.25, 0.3) is 0 Å². The number of hydrogen-bond acceptors (Lipinski definition) is 5. The summed E-state index contributed by atoms with van der Waals surface area (Å²) in [5, 5.41) is 8.48. The Labute approximate surface area is 224 Å². The maximum Gasteiger partial charge on any atom is 0.345 e. The third-order valence-corrected chi connectivity index (χ3v) is 6.03. The van der Waals surface area contributed by atoms with Gasteiger partial charge in [-0.1, -0.05) is 69.5 Å². The summed E-state index contributed by atoms with van der Waals surface area (Å²) in [7, 11) is 0. The van der Waals surface area contributed by atoms with Gasteiger partial charge in [0.2, 0.25) is 0 Å². The SMILES string of the molecule is O=C(N/N=C/c1c(OC(=O)c2ccc(Cl)cc2Cl)ccc2ccccc12)C(=O)Nc1ccc(Br)cc1. The van der Waals surface area contributed by atoms with E-state index in [2.05, 4.69) is 31.8 Å². The number of esters is 1. The van der Waals surface area contributed by atoms with Crippen molar-refractivity contribution in [1.82, 2.24) is 5.43 Å². The van der Waals surface area contributed by atoms with Crippen molar-refractivity contribution in [2.24, 2.45) is 5.10 Å². The van der Waals surface area contributed by atoms with Gasteiger partial charge < -0.3 is 10.1 Å². The van der Waals surface area contributed by atoms with Crippen molar-refractivity contribution in [3.8, 4) is 5.75 Å². The summed E-state index contributed by atoms with van der Waals surface area (Å²) < 4.78 is 6.43. The van der Waals surface area contributed by atoms with Gasteiger partial charge in [-0.05, 0) is 59.3 Å². The quantitative estimate of drug-likeness (QED) is 0.0957. The number of anilines is 1. The van der Waals surface area contributed by atoms with Gasteiger partial charge in [0.05, 0.1) is 16.8 Å². The highest BCUT2D eigenvalue weighted by molar-refractivity contribution is 9.10. The Morgan fingerprint density at radius 1 is 0.889 bits per heavy atom. The lowest BCUT2D eigenvalue weighted by Gasteiger charge is -2.11. The van der Waals surface area contributed by atoms with E-state index in [-0.39, 0.29) is 16.3 Å². The number of nitrogens with one attached hydrogen (secondary N) is 2. The van der Waals surface area contributed by atoms with Gasteiger partial charge >= 0.3 is 17.8 Å². The Bertz CT molecular complexity index is 1510. The van der Waals surface area contributed by atoms with E-state index in [9.17, 15) is 14.4 Å². The molecule has 2 N–H and O–H groups in total. The van der Waals surface area contributed by atoms with E-state index >= 15 is 0 Å². The van der Waals surface area contributed by atoms with Gasteiger partial charge in [0.15, 0.2) is 0 Å². The van der Waals surface area contributed by atoms with E-state index in [4.69, 9.17) is 27.9 Å². The molecular formula is C26H16BrCl2N3O4. The summed E-state index contributed by atoms with van der Waals surface area (Å²) in [5.74, 6) is -2.38. The van der Waals surface area contributed by atoms with Gasteiger partial charge in [-0.15, -0.1) is 0 Å². The lowest BCUT2D eigenvalue weighted by Crippen LogP contribution is -2.32. The van der Waals surface area contributed by atoms with Crippen LogP contribution < -0.4 is 15.5 Å². The van der Waals surface area contributed by atoms with E-state index in [0.717, 1.165) is 9.86 Å². The standard InChI is InChI=1S/C26H16BrCl2N3O4/c27-16-6-9-18(10-7-16)31-24(33)25(34)32-30-14-21-19-4-2-1-3-15(19)5-12-23(21)36-26(35)20-11-8-17(28)13-22(20)29/h1-14H,(H,31,33)(H,32,34)/b30-14+. The van der Waals surface area contributed by atoms with Crippen molar-refractivity contribution in [3.63, 3.8) is 0 Å². The normalized spacial score (nSPS) is 10.9. The lowest BCUT2D eigenvalue weighted by atomic mass is 10.0. The first-order valence-electron chi connectivity index (χ1n) is 10.4. The minimum atomic E-state index is -0.971. The summed E-state index contributed by atoms with van der Waals surface area (Å²) in [6.07, 6.45) is 1.30. The van der Waals surface area contributed by atoms with Crippen LogP contribution in [0.2, 0.25) is 10.0 Å². The van der Waals surface area contributed by atoms with Crippen LogP contribution in [0.5, 0.6) is 5.75 Å². The van der Waals surface area contributed by atoms with Crippen LogP contribution in [-0.4, -0.2) is 24.0 Å². The number of halogens is 3. The van der Waals surface area contributed by atoms with Gasteiger partial charge in [-0.25, -0.2) is 10.2 Å². The second-order valence-corrected chi connectivity index (χ2v) is 9.13. The number of carbonyl (C=O) groups is 3. The highest BCUT2D eigenvalue weighted by atomic mass is 79.9. The number of fused-ring (bicyclic) bond motifs is 1. The number of ether oxygens (including phenoxy) is 1. The van der Waals surface area contributed by atoms with E-state index < -0.39 is 17.8 Å². The molecule has 10 heteroatoms. The second kappa shape index (κ2) is 11.3. The highest BCUT2D eigenvalue weighted by Gasteiger charge is 2.17. The minimum absolute atomic E-state index is 0.134. The molecule has 0 aliphatic rings. The summed E-state index contributed by atoms with van der Waals surface area (Å²) in [6, 6.07) is 21.9. The third-order valence-electron chi connectivity index (χ3n) is 4.95. The highest BCUT2D eigenvalue weighted by Crippen LogP contribution is 2.29. The van der Waals surface area contributed by atoms with Crippen LogP contribution in [0, 0.1) is 0 Å². The molecular weight excluding hydrogens is 569 g/mol. The van der Waals surface area contributed by atoms with Crippen LogP contribution in [0.25, 0.3) is 10.8 Å². The van der Waals surface area contributed by atoms with Crippen LogP contribution in [0.4, 0.5) is 5.69 Å². The summed E-state index contributed by atoms with van der Waals surface area (Å²) in [6.45, 7) is 0. The Hall–Kier alpha value is -3.72. The average Bonchev–Trinajstić information content (AvgIpc) is 2.86. The third kappa shape index (κ3) is 6.09. The second-order valence-electron chi connectivity index (χ2n) is 7.37. The molecule has 0 saturated heterocycles. The number of hydrogen-bond donors (Lipinski definition) is 2. The molecule has 0 aromatic heterocycles. The van der Waals surface area contributed by atoms with Crippen LogP contribution in [0.1, 0.15) is 15.9 Å². The molecule has 0 spiro atoms. The molecule has 4 rings (SSSR count). The maximum atomic E-state index is 12.8. The Kier molecular flexibility index (Phi) is 8.00. The number of nitrogens with zero attached hydrogens (tertiary/aromatic N) is 1. The fourth-order valence-electron chi connectivity index (χ4n) is 3.23. The maximum absolute atomic E-state index is 12.8. The molecule has 0 saturated carbocycles. The molecule has 0 atom stereocenters. The zero-order valence-corrected chi connectivity index (χ0v) is 21.4. The van der Waals surface area contributed by atoms with Crippen molar-refractivity contribution < 1.29 is 19.1 Å². The fourth-order valence-corrected chi connectivity index (χ4v) is 3.98. The Morgan fingerprint density at radius 3 is 2.39 bits per heavy atom. The van der Waals surface area contributed by atoms with Gasteiger partial charge in [-0.3, -0.25) is 9.59 Å². The zero-order valence-electron chi connectivity index (χ0n) is 18.3. The largest absolute Gasteiger partial charge is 0.422 e. The van der Waals surface area contributed by atoms with E-state index in [1.807, 2.05) is 24.3 Å². The molecule has 4 aromatic carbocycles. The summed E-state index contributed by atoms with van der Waals surface area (Å²) >= 11 is 15.3. The topological polar surface area (TPSA) is 96.9 Å². The van der Waals surface area contributed by atoms with Crippen molar-refractivity contribution >= 4 is 79.6 Å². The monoisotopic (exact) mass is 583 g/mol. The molecule has 0 unspecified atom stereocenters. The first-order chi connectivity index (χ1) is 17.3. The van der Waals surface area contributed by atoms with Crippen molar-refractivity contribution in [1.29, 1.82) is 0 Å². The molecule has 2 amide bonds. The zero-order chi connectivity index (χ0) is 25.7. The Morgan fingerprint density at radius 2 is 1.64 bits per heavy atom. The average molecular weight is 585 g/mol. The minimum Gasteiger partial charge on any atom is -0.422 e. The molecule has 0 aliphatic heterocycles. The number of rotatable bonds is 5. The van der Waals surface area contributed by atoms with Crippen LogP contribution in [0.3, 0.4) is 0 Å². The van der Waals surface area contributed by atoms with E-state index in [0.29, 0.717) is 21.7 Å². The first kappa shape index (κ1) is 25.4. The van der Waals surface area contributed by atoms with E-state index in [1.54, 1.807) is 36.4 Å². The molecule has 0 fully saturated rings. The summed E-state index contributed by atoms with van der Waals surface area (Å²) in [4.78, 5) is 37.2. The molecule has 0 aliphatic carbocycles. The first-order valence-corrected chi connectivity index (χ1v) is 12.0. The smallest absolute Gasteiger partial charge is 0.345 e. The van der Waals surface area contributed by atoms with Crippen LogP contribution in [0.15, 0.2) is 88.4 Å². The molecule has 36 heavy (non-hydrogen) atoms. The molecule has 7 nitrogen and oxygen atoms in total.